The van der Waals surface area contributed by atoms with Crippen molar-refractivity contribution in [1.29, 1.82) is 0 Å². The highest BCUT2D eigenvalue weighted by Crippen LogP contribution is 2.33. The summed E-state index contributed by atoms with van der Waals surface area (Å²) < 4.78 is 7.65. The molecule has 1 fully saturated rings. The number of likely N-dealkylation sites (N-methyl/N-ethyl adjacent to an activating group) is 1. The summed E-state index contributed by atoms with van der Waals surface area (Å²) in [6.07, 6.45) is 8.83. The molecular weight excluding hydrogens is 226 g/mol. The molecule has 1 saturated carbocycles. The van der Waals surface area contributed by atoms with E-state index in [-0.39, 0.29) is 12.1 Å². The molecule has 0 radical (unpaired) electrons. The van der Waals surface area contributed by atoms with Crippen LogP contribution >= 0.6 is 0 Å². The van der Waals surface area contributed by atoms with Gasteiger partial charge in [-0.1, -0.05) is 19.3 Å². The molecule has 0 aliphatic heterocycles. The first-order valence-electron chi connectivity index (χ1n) is 6.96. The van der Waals surface area contributed by atoms with Crippen molar-refractivity contribution in [2.75, 3.05) is 14.2 Å². The first-order chi connectivity index (χ1) is 8.76. The molecule has 0 spiro atoms. The van der Waals surface area contributed by atoms with Crippen LogP contribution in [0, 0.1) is 5.92 Å². The van der Waals surface area contributed by atoms with Crippen LogP contribution in [0.25, 0.3) is 0 Å². The highest BCUT2D eigenvalue weighted by Gasteiger charge is 2.31. The molecule has 2 unspecified atom stereocenters. The smallest absolute Gasteiger partial charge is 0.0820 e. The van der Waals surface area contributed by atoms with Crippen LogP contribution < -0.4 is 5.32 Å². The van der Waals surface area contributed by atoms with Gasteiger partial charge < -0.3 is 10.1 Å². The fraction of sp³-hybridized carbons (Fsp3) is 0.786. The second-order valence-corrected chi connectivity index (χ2v) is 5.28. The van der Waals surface area contributed by atoms with Gasteiger partial charge in [-0.3, -0.25) is 4.68 Å². The summed E-state index contributed by atoms with van der Waals surface area (Å²) in [5.74, 6) is 0.656. The van der Waals surface area contributed by atoms with Crippen LogP contribution in [0.1, 0.15) is 43.8 Å². The molecule has 1 aromatic heterocycles. The van der Waals surface area contributed by atoms with Gasteiger partial charge in [0.1, 0.15) is 0 Å². The van der Waals surface area contributed by atoms with E-state index in [9.17, 15) is 0 Å². The third kappa shape index (κ3) is 2.93. The SMILES string of the molecule is CNC(c1ccn(C)n1)C(OC)C1CCCCC1. The van der Waals surface area contributed by atoms with Crippen molar-refractivity contribution in [3.05, 3.63) is 18.0 Å². The van der Waals surface area contributed by atoms with Gasteiger partial charge in [0.05, 0.1) is 17.8 Å². The zero-order valence-corrected chi connectivity index (χ0v) is 11.7. The Bertz CT molecular complexity index is 358. The van der Waals surface area contributed by atoms with E-state index < -0.39 is 0 Å². The van der Waals surface area contributed by atoms with Gasteiger partial charge in [0, 0.05) is 20.4 Å². The number of nitrogens with one attached hydrogen (secondary N) is 1. The summed E-state index contributed by atoms with van der Waals surface area (Å²) in [7, 11) is 5.78. The Kier molecular flexibility index (Phi) is 4.78. The van der Waals surface area contributed by atoms with Crippen molar-refractivity contribution in [3.63, 3.8) is 0 Å². The van der Waals surface area contributed by atoms with Gasteiger partial charge in [-0.2, -0.15) is 5.10 Å². The van der Waals surface area contributed by atoms with Crippen molar-refractivity contribution in [2.45, 2.75) is 44.2 Å². The topological polar surface area (TPSA) is 39.1 Å². The number of hydrogen-bond donors (Lipinski definition) is 1. The Morgan fingerprint density at radius 1 is 1.39 bits per heavy atom. The number of aryl methyl sites for hydroxylation is 1. The number of aromatic nitrogens is 2. The fourth-order valence-electron chi connectivity index (χ4n) is 3.14. The van der Waals surface area contributed by atoms with Gasteiger partial charge in [0.2, 0.25) is 0 Å². The first-order valence-corrected chi connectivity index (χ1v) is 6.96. The van der Waals surface area contributed by atoms with Crippen LogP contribution in [0.5, 0.6) is 0 Å². The lowest BCUT2D eigenvalue weighted by atomic mass is 9.82. The normalized spacial score (nSPS) is 20.8. The largest absolute Gasteiger partial charge is 0.379 e. The molecule has 1 aliphatic carbocycles. The molecule has 2 rings (SSSR count). The molecule has 0 amide bonds. The molecule has 4 nitrogen and oxygen atoms in total. The summed E-state index contributed by atoms with van der Waals surface area (Å²) in [6.45, 7) is 0. The average Bonchev–Trinajstić information content (AvgIpc) is 2.83. The molecule has 1 N–H and O–H groups in total. The van der Waals surface area contributed by atoms with Gasteiger partial charge in [0.25, 0.3) is 0 Å². The molecule has 1 aromatic rings. The Balaban J connectivity index is 2.12. The summed E-state index contributed by atoms with van der Waals surface area (Å²) in [6, 6.07) is 2.27. The Labute approximate surface area is 110 Å². The fourth-order valence-corrected chi connectivity index (χ4v) is 3.14. The van der Waals surface area contributed by atoms with Crippen molar-refractivity contribution < 1.29 is 4.74 Å². The van der Waals surface area contributed by atoms with E-state index in [4.69, 9.17) is 4.74 Å². The van der Waals surface area contributed by atoms with E-state index in [1.54, 1.807) is 0 Å². The van der Waals surface area contributed by atoms with E-state index in [0.717, 1.165) is 5.69 Å². The highest BCUT2D eigenvalue weighted by atomic mass is 16.5. The third-order valence-electron chi connectivity index (χ3n) is 4.08. The minimum absolute atomic E-state index is 0.194. The van der Waals surface area contributed by atoms with E-state index in [1.807, 2.05) is 32.1 Å². The van der Waals surface area contributed by atoms with Crippen molar-refractivity contribution in [2.24, 2.45) is 13.0 Å². The standard InChI is InChI=1S/C14H25N3O/c1-15-13(12-9-10-17(2)16-12)14(18-3)11-7-5-4-6-8-11/h9-11,13-15H,4-8H2,1-3H3. The van der Waals surface area contributed by atoms with Crippen LogP contribution in [-0.2, 0) is 11.8 Å². The maximum atomic E-state index is 5.79. The molecule has 1 heterocycles. The predicted molar refractivity (Wildman–Crippen MR) is 72.4 cm³/mol. The van der Waals surface area contributed by atoms with Crippen molar-refractivity contribution in [1.82, 2.24) is 15.1 Å². The van der Waals surface area contributed by atoms with Crippen molar-refractivity contribution in [3.8, 4) is 0 Å². The average molecular weight is 251 g/mol. The molecule has 1 aliphatic rings. The van der Waals surface area contributed by atoms with E-state index in [2.05, 4.69) is 16.5 Å². The quantitative estimate of drug-likeness (QED) is 0.872. The molecule has 0 aromatic carbocycles. The molecule has 18 heavy (non-hydrogen) atoms. The minimum Gasteiger partial charge on any atom is -0.379 e. The predicted octanol–water partition coefficient (Wildman–Crippen LogP) is 2.28. The summed E-state index contributed by atoms with van der Waals surface area (Å²) >= 11 is 0. The van der Waals surface area contributed by atoms with Gasteiger partial charge >= 0.3 is 0 Å². The second kappa shape index (κ2) is 6.34. The van der Waals surface area contributed by atoms with Gasteiger partial charge in [0.15, 0.2) is 0 Å². The summed E-state index contributed by atoms with van der Waals surface area (Å²) in [5, 5.41) is 7.90. The molecule has 0 bridgehead atoms. The maximum absolute atomic E-state index is 5.79. The number of hydrogen-bond acceptors (Lipinski definition) is 3. The first kappa shape index (κ1) is 13.6. The van der Waals surface area contributed by atoms with Crippen LogP contribution in [0.4, 0.5) is 0 Å². The summed E-state index contributed by atoms with van der Waals surface area (Å²) in [5.41, 5.74) is 1.08. The zero-order chi connectivity index (χ0) is 13.0. The second-order valence-electron chi connectivity index (χ2n) is 5.28. The number of nitrogens with zero attached hydrogens (tertiary/aromatic N) is 2. The van der Waals surface area contributed by atoms with Gasteiger partial charge in [-0.25, -0.2) is 0 Å². The monoisotopic (exact) mass is 251 g/mol. The lowest BCUT2D eigenvalue weighted by molar-refractivity contribution is 0.00827. The van der Waals surface area contributed by atoms with Crippen LogP contribution in [0.2, 0.25) is 0 Å². The van der Waals surface area contributed by atoms with E-state index in [0.29, 0.717) is 5.92 Å². The van der Waals surface area contributed by atoms with Gasteiger partial charge in [-0.05, 0) is 31.9 Å². The van der Waals surface area contributed by atoms with Crippen molar-refractivity contribution >= 4 is 0 Å². The lowest BCUT2D eigenvalue weighted by Crippen LogP contribution is -2.38. The molecule has 2 atom stereocenters. The number of ether oxygens (including phenoxy) is 1. The zero-order valence-electron chi connectivity index (χ0n) is 11.7. The molecule has 0 saturated heterocycles. The minimum atomic E-state index is 0.194. The van der Waals surface area contributed by atoms with Gasteiger partial charge in [-0.15, -0.1) is 0 Å². The number of methoxy groups -OCH3 is 1. The van der Waals surface area contributed by atoms with Crippen LogP contribution in [0.15, 0.2) is 12.3 Å². The maximum Gasteiger partial charge on any atom is 0.0820 e. The highest BCUT2D eigenvalue weighted by molar-refractivity contribution is 5.08. The van der Waals surface area contributed by atoms with Crippen LogP contribution in [-0.4, -0.2) is 30.0 Å². The Morgan fingerprint density at radius 3 is 2.61 bits per heavy atom. The Hall–Kier alpha value is -0.870. The van der Waals surface area contributed by atoms with E-state index >= 15 is 0 Å². The third-order valence-corrected chi connectivity index (χ3v) is 4.08. The lowest BCUT2D eigenvalue weighted by Gasteiger charge is -2.34. The molecule has 102 valence electrons. The molecule has 4 heteroatoms. The Morgan fingerprint density at radius 2 is 2.11 bits per heavy atom. The summed E-state index contributed by atoms with van der Waals surface area (Å²) in [4.78, 5) is 0. The van der Waals surface area contributed by atoms with E-state index in [1.165, 1.54) is 32.1 Å². The number of rotatable bonds is 5. The van der Waals surface area contributed by atoms with Crippen LogP contribution in [0.3, 0.4) is 0 Å². The molecular formula is C14H25N3O.